The van der Waals surface area contributed by atoms with E-state index >= 15 is 0 Å². The number of aliphatic carboxylic acids is 1. The summed E-state index contributed by atoms with van der Waals surface area (Å²) in [7, 11) is 0. The van der Waals surface area contributed by atoms with Crippen LogP contribution in [0.5, 0.6) is 0 Å². The highest BCUT2D eigenvalue weighted by atomic mass is 32.1. The van der Waals surface area contributed by atoms with E-state index in [1.165, 1.54) is 11.3 Å². The SMILES string of the molecule is Cc1ncc(CNC(=O)N2CC(=O)NCC2C(=O)O)s1. The number of carboxylic acids is 1. The van der Waals surface area contributed by atoms with Crippen LogP contribution in [0.15, 0.2) is 6.20 Å². The quantitative estimate of drug-likeness (QED) is 0.699. The minimum atomic E-state index is -1.14. The Labute approximate surface area is 118 Å². The van der Waals surface area contributed by atoms with Crippen LogP contribution in [0.25, 0.3) is 0 Å². The molecule has 1 saturated heterocycles. The van der Waals surface area contributed by atoms with Gasteiger partial charge in [0.25, 0.3) is 0 Å². The number of nitrogens with one attached hydrogen (secondary N) is 2. The molecule has 1 atom stereocenters. The first kappa shape index (κ1) is 14.3. The zero-order valence-electron chi connectivity index (χ0n) is 10.8. The molecule has 1 aliphatic rings. The summed E-state index contributed by atoms with van der Waals surface area (Å²) in [6.45, 7) is 1.77. The molecule has 3 N–H and O–H groups in total. The fraction of sp³-hybridized carbons (Fsp3) is 0.455. The molecule has 1 unspecified atom stereocenters. The van der Waals surface area contributed by atoms with Gasteiger partial charge in [-0.15, -0.1) is 11.3 Å². The summed E-state index contributed by atoms with van der Waals surface area (Å²) >= 11 is 1.44. The normalized spacial score (nSPS) is 18.6. The van der Waals surface area contributed by atoms with Crippen molar-refractivity contribution in [3.8, 4) is 0 Å². The van der Waals surface area contributed by atoms with E-state index in [1.807, 2.05) is 6.92 Å². The second kappa shape index (κ2) is 5.87. The molecular formula is C11H14N4O4S. The number of amides is 3. The van der Waals surface area contributed by atoms with Crippen LogP contribution in [-0.4, -0.2) is 52.0 Å². The molecule has 9 heteroatoms. The van der Waals surface area contributed by atoms with Gasteiger partial charge in [-0.1, -0.05) is 0 Å². The summed E-state index contributed by atoms with van der Waals surface area (Å²) in [5, 5.41) is 15.0. The third-order valence-electron chi connectivity index (χ3n) is 2.81. The number of urea groups is 1. The summed E-state index contributed by atoms with van der Waals surface area (Å²) in [6.07, 6.45) is 1.65. The van der Waals surface area contributed by atoms with E-state index in [9.17, 15) is 14.4 Å². The average Bonchev–Trinajstić information content (AvgIpc) is 2.81. The molecule has 0 radical (unpaired) electrons. The molecule has 1 aromatic rings. The lowest BCUT2D eigenvalue weighted by molar-refractivity contribution is -0.144. The minimum Gasteiger partial charge on any atom is -0.480 e. The molecule has 108 valence electrons. The predicted octanol–water partition coefficient (Wildman–Crippen LogP) is -0.454. The van der Waals surface area contributed by atoms with Gasteiger partial charge in [0, 0.05) is 17.6 Å². The van der Waals surface area contributed by atoms with Gasteiger partial charge in [-0.3, -0.25) is 9.69 Å². The number of rotatable bonds is 3. The fourth-order valence-electron chi connectivity index (χ4n) is 1.83. The van der Waals surface area contributed by atoms with Crippen LogP contribution >= 0.6 is 11.3 Å². The van der Waals surface area contributed by atoms with Crippen LogP contribution in [0.1, 0.15) is 9.88 Å². The largest absolute Gasteiger partial charge is 0.480 e. The van der Waals surface area contributed by atoms with Gasteiger partial charge in [-0.2, -0.15) is 0 Å². The number of carbonyl (C=O) groups is 3. The van der Waals surface area contributed by atoms with Crippen molar-refractivity contribution >= 4 is 29.2 Å². The molecule has 0 spiro atoms. The number of hydrogen-bond donors (Lipinski definition) is 3. The molecule has 1 aliphatic heterocycles. The highest BCUT2D eigenvalue weighted by Crippen LogP contribution is 2.11. The van der Waals surface area contributed by atoms with E-state index < -0.39 is 18.0 Å². The van der Waals surface area contributed by atoms with Crippen LogP contribution in [0.3, 0.4) is 0 Å². The molecule has 3 amide bonds. The number of thiazole rings is 1. The van der Waals surface area contributed by atoms with E-state index in [1.54, 1.807) is 6.20 Å². The summed E-state index contributed by atoms with van der Waals surface area (Å²) in [4.78, 5) is 40.3. The first-order chi connectivity index (χ1) is 9.47. The van der Waals surface area contributed by atoms with Crippen LogP contribution in [0.4, 0.5) is 4.79 Å². The van der Waals surface area contributed by atoms with Crippen molar-refractivity contribution < 1.29 is 19.5 Å². The summed E-state index contributed by atoms with van der Waals surface area (Å²) in [5.41, 5.74) is 0. The molecule has 1 fully saturated rings. The number of aromatic nitrogens is 1. The number of hydrogen-bond acceptors (Lipinski definition) is 5. The van der Waals surface area contributed by atoms with Gasteiger partial charge >= 0.3 is 12.0 Å². The minimum absolute atomic E-state index is 0.0821. The molecule has 1 aromatic heterocycles. The van der Waals surface area contributed by atoms with Gasteiger partial charge in [0.1, 0.15) is 12.6 Å². The van der Waals surface area contributed by atoms with Gasteiger partial charge in [-0.25, -0.2) is 14.6 Å². The summed E-state index contributed by atoms with van der Waals surface area (Å²) in [5.74, 6) is -1.51. The standard InChI is InChI=1S/C11H14N4O4S/c1-6-12-2-7(20-6)3-14-11(19)15-5-9(16)13-4-8(15)10(17)18/h2,8H,3-5H2,1H3,(H,13,16)(H,14,19)(H,17,18). The van der Waals surface area contributed by atoms with Crippen LogP contribution in [0.2, 0.25) is 0 Å². The van der Waals surface area contributed by atoms with Crippen LogP contribution in [-0.2, 0) is 16.1 Å². The maximum Gasteiger partial charge on any atom is 0.328 e. The molecule has 2 heterocycles. The average molecular weight is 298 g/mol. The Morgan fingerprint density at radius 3 is 3.00 bits per heavy atom. The molecular weight excluding hydrogens is 284 g/mol. The lowest BCUT2D eigenvalue weighted by Gasteiger charge is -2.32. The second-order valence-corrected chi connectivity index (χ2v) is 5.61. The lowest BCUT2D eigenvalue weighted by Crippen LogP contribution is -2.61. The topological polar surface area (TPSA) is 112 Å². The second-order valence-electron chi connectivity index (χ2n) is 4.29. The first-order valence-electron chi connectivity index (χ1n) is 5.92. The van der Waals surface area contributed by atoms with Gasteiger partial charge in [0.05, 0.1) is 11.6 Å². The molecule has 2 rings (SSSR count). The van der Waals surface area contributed by atoms with Crippen molar-refractivity contribution in [3.63, 3.8) is 0 Å². The van der Waals surface area contributed by atoms with E-state index in [0.29, 0.717) is 0 Å². The van der Waals surface area contributed by atoms with Crippen molar-refractivity contribution in [2.45, 2.75) is 19.5 Å². The molecule has 0 aliphatic carbocycles. The smallest absolute Gasteiger partial charge is 0.328 e. The number of aryl methyl sites for hydroxylation is 1. The zero-order chi connectivity index (χ0) is 14.7. The summed E-state index contributed by atoms with van der Waals surface area (Å²) < 4.78 is 0. The Balaban J connectivity index is 1.98. The number of piperazine rings is 1. The summed E-state index contributed by atoms with van der Waals surface area (Å²) in [6, 6.07) is -1.62. The first-order valence-corrected chi connectivity index (χ1v) is 6.74. The predicted molar refractivity (Wildman–Crippen MR) is 70.2 cm³/mol. The molecule has 20 heavy (non-hydrogen) atoms. The molecule has 0 saturated carbocycles. The van der Waals surface area contributed by atoms with Crippen LogP contribution in [0, 0.1) is 6.92 Å². The van der Waals surface area contributed by atoms with E-state index in [4.69, 9.17) is 5.11 Å². The third kappa shape index (κ3) is 3.23. The van der Waals surface area contributed by atoms with Gasteiger partial charge in [0.2, 0.25) is 5.91 Å². The Kier molecular flexibility index (Phi) is 4.18. The number of carboxylic acid groups (broad SMARTS) is 1. The highest BCUT2D eigenvalue weighted by molar-refractivity contribution is 7.11. The lowest BCUT2D eigenvalue weighted by atomic mass is 10.2. The maximum absolute atomic E-state index is 12.0. The Bertz CT molecular complexity index is 544. The Morgan fingerprint density at radius 1 is 1.65 bits per heavy atom. The Morgan fingerprint density at radius 2 is 2.40 bits per heavy atom. The fourth-order valence-corrected chi connectivity index (χ4v) is 2.56. The zero-order valence-corrected chi connectivity index (χ0v) is 11.6. The van der Waals surface area contributed by atoms with E-state index in [2.05, 4.69) is 15.6 Å². The number of carbonyl (C=O) groups excluding carboxylic acids is 2. The third-order valence-corrected chi connectivity index (χ3v) is 3.72. The van der Waals surface area contributed by atoms with Crippen molar-refractivity contribution in [1.29, 1.82) is 0 Å². The molecule has 0 bridgehead atoms. The maximum atomic E-state index is 12.0. The van der Waals surface area contributed by atoms with E-state index in [0.717, 1.165) is 14.8 Å². The van der Waals surface area contributed by atoms with Gasteiger partial charge < -0.3 is 15.7 Å². The Hall–Kier alpha value is -2.16. The highest BCUT2D eigenvalue weighted by Gasteiger charge is 2.35. The van der Waals surface area contributed by atoms with Gasteiger partial charge in [-0.05, 0) is 6.92 Å². The van der Waals surface area contributed by atoms with E-state index in [-0.39, 0.29) is 25.5 Å². The van der Waals surface area contributed by atoms with Crippen molar-refractivity contribution in [2.24, 2.45) is 0 Å². The van der Waals surface area contributed by atoms with Crippen molar-refractivity contribution in [2.75, 3.05) is 13.1 Å². The van der Waals surface area contributed by atoms with Crippen molar-refractivity contribution in [3.05, 3.63) is 16.1 Å². The van der Waals surface area contributed by atoms with Crippen LogP contribution < -0.4 is 10.6 Å². The number of nitrogens with zero attached hydrogens (tertiary/aromatic N) is 2. The van der Waals surface area contributed by atoms with Crippen molar-refractivity contribution in [1.82, 2.24) is 20.5 Å². The monoisotopic (exact) mass is 298 g/mol. The molecule has 8 nitrogen and oxygen atoms in total. The van der Waals surface area contributed by atoms with Gasteiger partial charge in [0.15, 0.2) is 0 Å². The molecule has 0 aromatic carbocycles.